The Balaban J connectivity index is 2.28. The van der Waals surface area contributed by atoms with E-state index in [-0.39, 0.29) is 0 Å². The average molecular weight is 430 g/mol. The lowest BCUT2D eigenvalue weighted by atomic mass is 10.2. The molecule has 2 rings (SSSR count). The van der Waals surface area contributed by atoms with Crippen molar-refractivity contribution in [3.8, 4) is 5.75 Å². The van der Waals surface area contributed by atoms with Crippen LogP contribution >= 0.6 is 0 Å². The Morgan fingerprint density at radius 1 is 0.926 bits per heavy atom. The van der Waals surface area contributed by atoms with E-state index in [4.69, 9.17) is 5.21 Å². The Kier molecular flexibility index (Phi) is 5.77. The van der Waals surface area contributed by atoms with E-state index in [1.54, 1.807) is 0 Å². The van der Waals surface area contributed by atoms with Gasteiger partial charge in [-0.3, -0.25) is 0 Å². The van der Waals surface area contributed by atoms with Gasteiger partial charge in [-0.2, -0.15) is 13.2 Å². The Morgan fingerprint density at radius 3 is 2.11 bits per heavy atom. The standard InChI is InChI=1S/C13H10F4N2O6S2/c14-10-7-8(5-6-12(10)26(21,22)18-20)25-19-27(23,24)11-4-2-1-3-9(11)13(15,16)17/h1-7,18-20H. The third-order valence-electron chi connectivity index (χ3n) is 3.06. The molecule has 0 bridgehead atoms. The minimum absolute atomic E-state index is 0.447. The highest BCUT2D eigenvalue weighted by molar-refractivity contribution is 7.89. The van der Waals surface area contributed by atoms with Crippen molar-refractivity contribution in [2.24, 2.45) is 0 Å². The van der Waals surface area contributed by atoms with Crippen LogP contribution < -0.4 is 14.6 Å². The Labute approximate surface area is 150 Å². The number of halogens is 4. The Morgan fingerprint density at radius 2 is 1.56 bits per heavy atom. The van der Waals surface area contributed by atoms with Crippen LogP contribution in [0.5, 0.6) is 5.75 Å². The highest BCUT2D eigenvalue weighted by atomic mass is 32.2. The van der Waals surface area contributed by atoms with Gasteiger partial charge in [-0.1, -0.05) is 17.0 Å². The summed E-state index contributed by atoms with van der Waals surface area (Å²) in [7, 11) is -9.36. The molecule has 0 spiro atoms. The summed E-state index contributed by atoms with van der Waals surface area (Å²) in [5, 5.41) is 8.45. The molecule has 0 atom stereocenters. The number of hydrogen-bond donors (Lipinski definition) is 3. The SMILES string of the molecule is O=S(=O)(NO)c1ccc(ONS(=O)(=O)c2ccccc2C(F)(F)F)cc1F. The van der Waals surface area contributed by atoms with Crippen LogP contribution in [0.25, 0.3) is 0 Å². The molecule has 14 heteroatoms. The first-order valence-corrected chi connectivity index (χ1v) is 9.65. The number of hydrogen-bond acceptors (Lipinski definition) is 6. The van der Waals surface area contributed by atoms with Gasteiger partial charge in [0, 0.05) is 6.07 Å². The van der Waals surface area contributed by atoms with E-state index in [1.165, 1.54) is 4.89 Å². The van der Waals surface area contributed by atoms with E-state index < -0.39 is 53.1 Å². The number of sulfonamides is 2. The van der Waals surface area contributed by atoms with Crippen LogP contribution in [-0.4, -0.2) is 22.0 Å². The summed E-state index contributed by atoms with van der Waals surface area (Å²) < 4.78 is 99.3. The lowest BCUT2D eigenvalue weighted by Gasteiger charge is -2.14. The van der Waals surface area contributed by atoms with Gasteiger partial charge in [-0.25, -0.2) is 21.2 Å². The van der Waals surface area contributed by atoms with Gasteiger partial charge in [0.25, 0.3) is 20.0 Å². The van der Waals surface area contributed by atoms with E-state index in [1.807, 2.05) is 0 Å². The molecule has 0 aliphatic heterocycles. The second kappa shape index (κ2) is 7.40. The monoisotopic (exact) mass is 430 g/mol. The fraction of sp³-hybridized carbons (Fsp3) is 0.0769. The zero-order valence-corrected chi connectivity index (χ0v) is 14.5. The zero-order chi connectivity index (χ0) is 20.5. The van der Waals surface area contributed by atoms with Crippen molar-refractivity contribution >= 4 is 20.0 Å². The smallest absolute Gasteiger partial charge is 0.394 e. The first-order valence-electron chi connectivity index (χ1n) is 6.69. The number of alkyl halides is 3. The topological polar surface area (TPSA) is 122 Å². The summed E-state index contributed by atoms with van der Waals surface area (Å²) in [5.41, 5.74) is -1.44. The van der Waals surface area contributed by atoms with Crippen molar-refractivity contribution in [3.05, 3.63) is 53.8 Å². The summed E-state index contributed by atoms with van der Waals surface area (Å²) in [6.45, 7) is 0. The van der Waals surface area contributed by atoms with Crippen molar-refractivity contribution in [2.45, 2.75) is 16.0 Å². The van der Waals surface area contributed by atoms with Gasteiger partial charge in [-0.05, 0) is 29.2 Å². The minimum Gasteiger partial charge on any atom is -0.394 e. The maximum atomic E-state index is 13.8. The van der Waals surface area contributed by atoms with E-state index >= 15 is 0 Å². The molecule has 2 aromatic rings. The molecule has 0 radical (unpaired) electrons. The maximum Gasteiger partial charge on any atom is 0.417 e. The molecule has 27 heavy (non-hydrogen) atoms. The first kappa shape index (κ1) is 21.0. The van der Waals surface area contributed by atoms with Gasteiger partial charge in [0.2, 0.25) is 0 Å². The van der Waals surface area contributed by atoms with Crippen molar-refractivity contribution in [1.82, 2.24) is 9.77 Å². The predicted molar refractivity (Wildman–Crippen MR) is 80.9 cm³/mol. The lowest BCUT2D eigenvalue weighted by Crippen LogP contribution is -2.29. The second-order valence-electron chi connectivity index (χ2n) is 4.87. The summed E-state index contributed by atoms with van der Waals surface area (Å²) >= 11 is 0. The maximum absolute atomic E-state index is 13.8. The molecule has 0 saturated heterocycles. The molecule has 0 aliphatic carbocycles. The molecular formula is C13H10F4N2O6S2. The van der Waals surface area contributed by atoms with Crippen LogP contribution in [-0.2, 0) is 26.2 Å². The van der Waals surface area contributed by atoms with Gasteiger partial charge in [0.1, 0.15) is 10.7 Å². The first-order chi connectivity index (χ1) is 12.4. The quantitative estimate of drug-likeness (QED) is 0.475. The van der Waals surface area contributed by atoms with Crippen LogP contribution in [0.15, 0.2) is 52.3 Å². The van der Waals surface area contributed by atoms with Crippen LogP contribution in [0.2, 0.25) is 0 Å². The minimum atomic E-state index is -4.95. The largest absolute Gasteiger partial charge is 0.417 e. The third kappa shape index (κ3) is 4.72. The highest BCUT2D eigenvalue weighted by Gasteiger charge is 2.37. The molecular weight excluding hydrogens is 420 g/mol. The van der Waals surface area contributed by atoms with Gasteiger partial charge in [-0.15, -0.1) is 0 Å². The molecule has 0 fully saturated rings. The Bertz CT molecular complexity index is 1050. The molecule has 2 aromatic carbocycles. The van der Waals surface area contributed by atoms with Crippen molar-refractivity contribution in [3.63, 3.8) is 0 Å². The van der Waals surface area contributed by atoms with Crippen LogP contribution in [0, 0.1) is 5.82 Å². The molecule has 0 unspecified atom stereocenters. The van der Waals surface area contributed by atoms with Crippen LogP contribution in [0.1, 0.15) is 5.56 Å². The fourth-order valence-corrected chi connectivity index (χ4v) is 3.58. The number of rotatable bonds is 6. The molecule has 148 valence electrons. The summed E-state index contributed by atoms with van der Waals surface area (Å²) in [6.07, 6.45) is -4.95. The van der Waals surface area contributed by atoms with E-state index in [9.17, 15) is 34.4 Å². The van der Waals surface area contributed by atoms with Gasteiger partial charge >= 0.3 is 6.18 Å². The van der Waals surface area contributed by atoms with Crippen LogP contribution in [0.3, 0.4) is 0 Å². The number of nitrogens with one attached hydrogen (secondary N) is 2. The lowest BCUT2D eigenvalue weighted by molar-refractivity contribution is -0.139. The molecule has 0 amide bonds. The summed E-state index contributed by atoms with van der Waals surface area (Å²) in [4.78, 5) is 4.74. The molecule has 8 nitrogen and oxygen atoms in total. The fourth-order valence-electron chi connectivity index (χ4n) is 1.90. The van der Waals surface area contributed by atoms with Gasteiger partial charge in [0.05, 0.1) is 10.5 Å². The molecule has 0 heterocycles. The van der Waals surface area contributed by atoms with Crippen molar-refractivity contribution in [1.29, 1.82) is 0 Å². The molecule has 3 N–H and O–H groups in total. The summed E-state index contributed by atoms with van der Waals surface area (Å²) in [5.74, 6) is -1.97. The summed E-state index contributed by atoms with van der Waals surface area (Å²) in [6, 6.07) is 5.19. The third-order valence-corrected chi connectivity index (χ3v) is 5.45. The second-order valence-corrected chi connectivity index (χ2v) is 8.11. The Hall–Kier alpha value is -2.26. The van der Waals surface area contributed by atoms with Gasteiger partial charge < -0.3 is 10.0 Å². The molecule has 0 aromatic heterocycles. The van der Waals surface area contributed by atoms with Gasteiger partial charge in [0.15, 0.2) is 5.75 Å². The van der Waals surface area contributed by atoms with E-state index in [0.717, 1.165) is 23.1 Å². The predicted octanol–water partition coefficient (Wildman–Crippen LogP) is 1.78. The van der Waals surface area contributed by atoms with Crippen molar-refractivity contribution in [2.75, 3.05) is 0 Å². The number of benzene rings is 2. The molecule has 0 aliphatic rings. The average Bonchev–Trinajstić information content (AvgIpc) is 2.59. The highest BCUT2D eigenvalue weighted by Crippen LogP contribution is 2.33. The van der Waals surface area contributed by atoms with E-state index in [0.29, 0.717) is 24.3 Å². The zero-order valence-electron chi connectivity index (χ0n) is 12.9. The molecule has 0 saturated carbocycles. The van der Waals surface area contributed by atoms with Crippen LogP contribution in [0.4, 0.5) is 17.6 Å². The van der Waals surface area contributed by atoms with Crippen molar-refractivity contribution < 1.29 is 44.4 Å². The van der Waals surface area contributed by atoms with E-state index in [2.05, 4.69) is 4.84 Å². The normalized spacial score (nSPS) is 12.8.